The summed E-state index contributed by atoms with van der Waals surface area (Å²) >= 11 is 2.74. The maximum atomic E-state index is 11.9. The van der Waals surface area contributed by atoms with E-state index in [1.54, 1.807) is 18.4 Å². The molecule has 0 saturated heterocycles. The first-order valence-electron chi connectivity index (χ1n) is 4.87. The SMILES string of the molecule is CCS/C(=N\S(=O)(=O)c1ccc(N)cc1)SC. The predicted molar refractivity (Wildman–Crippen MR) is 77.1 cm³/mol. The van der Waals surface area contributed by atoms with Gasteiger partial charge in [-0.1, -0.05) is 18.7 Å². The topological polar surface area (TPSA) is 72.5 Å². The van der Waals surface area contributed by atoms with Gasteiger partial charge in [0.1, 0.15) is 4.38 Å². The zero-order valence-corrected chi connectivity index (χ0v) is 12.0. The molecule has 0 saturated carbocycles. The quantitative estimate of drug-likeness (QED) is 0.526. The number of nitrogens with two attached hydrogens (primary N) is 1. The maximum Gasteiger partial charge on any atom is 0.283 e. The molecule has 1 aromatic rings. The third kappa shape index (κ3) is 4.25. The number of hydrogen-bond donors (Lipinski definition) is 1. The second-order valence-corrected chi connectivity index (χ2v) is 6.95. The van der Waals surface area contributed by atoms with Gasteiger partial charge in [0.05, 0.1) is 4.90 Å². The minimum atomic E-state index is -3.62. The minimum Gasteiger partial charge on any atom is -0.399 e. The van der Waals surface area contributed by atoms with Crippen LogP contribution in [0.3, 0.4) is 0 Å². The number of nitrogen functional groups attached to an aromatic ring is 1. The molecule has 0 amide bonds. The number of sulfonamides is 1. The Balaban J connectivity index is 3.06. The van der Waals surface area contributed by atoms with Crippen molar-refractivity contribution in [2.24, 2.45) is 4.40 Å². The Kier molecular flexibility index (Phi) is 5.35. The van der Waals surface area contributed by atoms with E-state index in [-0.39, 0.29) is 4.90 Å². The zero-order chi connectivity index (χ0) is 12.9. The molecule has 0 heterocycles. The molecule has 0 atom stereocenters. The molecule has 1 aromatic carbocycles. The summed E-state index contributed by atoms with van der Waals surface area (Å²) in [6.07, 6.45) is 1.81. The van der Waals surface area contributed by atoms with Crippen molar-refractivity contribution >= 4 is 43.6 Å². The van der Waals surface area contributed by atoms with Gasteiger partial charge in [0, 0.05) is 5.69 Å². The van der Waals surface area contributed by atoms with Crippen LogP contribution in [0.2, 0.25) is 0 Å². The number of benzene rings is 1. The fourth-order valence-corrected chi connectivity index (χ4v) is 3.99. The smallest absolute Gasteiger partial charge is 0.283 e. The molecule has 94 valence electrons. The van der Waals surface area contributed by atoms with Crippen molar-refractivity contribution in [2.45, 2.75) is 11.8 Å². The van der Waals surface area contributed by atoms with Crippen molar-refractivity contribution in [3.63, 3.8) is 0 Å². The van der Waals surface area contributed by atoms with Crippen molar-refractivity contribution in [1.29, 1.82) is 0 Å². The van der Waals surface area contributed by atoms with E-state index >= 15 is 0 Å². The van der Waals surface area contributed by atoms with Gasteiger partial charge in [0.15, 0.2) is 0 Å². The van der Waals surface area contributed by atoms with Crippen molar-refractivity contribution in [3.8, 4) is 0 Å². The zero-order valence-electron chi connectivity index (χ0n) is 9.58. The van der Waals surface area contributed by atoms with Crippen LogP contribution in [0.1, 0.15) is 6.92 Å². The Morgan fingerprint density at radius 1 is 1.35 bits per heavy atom. The highest BCUT2D eigenvalue weighted by atomic mass is 32.2. The monoisotopic (exact) mass is 290 g/mol. The first kappa shape index (κ1) is 14.4. The molecule has 0 fully saturated rings. The summed E-state index contributed by atoms with van der Waals surface area (Å²) < 4.78 is 28.2. The third-order valence-electron chi connectivity index (χ3n) is 1.82. The van der Waals surface area contributed by atoms with E-state index in [1.807, 2.05) is 6.92 Å². The van der Waals surface area contributed by atoms with E-state index in [0.717, 1.165) is 5.75 Å². The first-order valence-corrected chi connectivity index (χ1v) is 8.52. The summed E-state index contributed by atoms with van der Waals surface area (Å²) in [7, 11) is -3.62. The van der Waals surface area contributed by atoms with Crippen LogP contribution in [0.25, 0.3) is 0 Å². The molecular formula is C10H14N2O2S3. The van der Waals surface area contributed by atoms with Crippen molar-refractivity contribution in [2.75, 3.05) is 17.7 Å². The summed E-state index contributed by atoms with van der Waals surface area (Å²) in [6, 6.07) is 6.02. The Morgan fingerprint density at radius 2 is 1.94 bits per heavy atom. The van der Waals surface area contributed by atoms with E-state index in [1.165, 1.54) is 35.7 Å². The molecule has 0 unspecified atom stereocenters. The summed E-state index contributed by atoms with van der Waals surface area (Å²) in [5.74, 6) is 0.789. The lowest BCUT2D eigenvalue weighted by Gasteiger charge is -2.02. The highest BCUT2D eigenvalue weighted by molar-refractivity contribution is 8.39. The number of anilines is 1. The van der Waals surface area contributed by atoms with Gasteiger partial charge < -0.3 is 5.73 Å². The molecule has 0 aromatic heterocycles. The van der Waals surface area contributed by atoms with Gasteiger partial charge in [-0.05, 0) is 36.3 Å². The Labute approximate surface area is 110 Å². The normalized spacial score (nSPS) is 12.7. The van der Waals surface area contributed by atoms with Gasteiger partial charge in [-0.3, -0.25) is 0 Å². The van der Waals surface area contributed by atoms with Crippen molar-refractivity contribution in [1.82, 2.24) is 0 Å². The van der Waals surface area contributed by atoms with Gasteiger partial charge >= 0.3 is 0 Å². The van der Waals surface area contributed by atoms with Gasteiger partial charge in [-0.15, -0.1) is 16.2 Å². The molecule has 2 N–H and O–H groups in total. The molecule has 0 bridgehead atoms. The van der Waals surface area contributed by atoms with Crippen LogP contribution in [0.5, 0.6) is 0 Å². The Hall–Kier alpha value is -0.660. The highest BCUT2D eigenvalue weighted by Gasteiger charge is 2.13. The molecule has 4 nitrogen and oxygen atoms in total. The standard InChI is InChI=1S/C10H14N2O2S3/c1-3-16-10(15-2)12-17(13,14)9-6-4-8(11)5-7-9/h4-7H,3,11H2,1-2H3/b12-10-. The molecule has 17 heavy (non-hydrogen) atoms. The van der Waals surface area contributed by atoms with E-state index in [9.17, 15) is 8.42 Å². The fourth-order valence-electron chi connectivity index (χ4n) is 1.04. The minimum absolute atomic E-state index is 0.162. The average molecular weight is 290 g/mol. The molecule has 0 spiro atoms. The number of thioether (sulfide) groups is 2. The molecule has 0 aliphatic rings. The van der Waals surface area contributed by atoms with Crippen molar-refractivity contribution in [3.05, 3.63) is 24.3 Å². The second-order valence-electron chi connectivity index (χ2n) is 3.04. The van der Waals surface area contributed by atoms with Crippen LogP contribution in [0, 0.1) is 0 Å². The van der Waals surface area contributed by atoms with Gasteiger partial charge in [-0.25, -0.2) is 0 Å². The van der Waals surface area contributed by atoms with Crippen LogP contribution in [0.4, 0.5) is 5.69 Å². The first-order chi connectivity index (χ1) is 7.99. The van der Waals surface area contributed by atoms with Crippen LogP contribution in [-0.2, 0) is 10.0 Å². The van der Waals surface area contributed by atoms with Crippen molar-refractivity contribution < 1.29 is 8.42 Å². The molecule has 0 aliphatic carbocycles. The number of rotatable bonds is 3. The second kappa shape index (κ2) is 6.32. The van der Waals surface area contributed by atoms with Gasteiger partial charge in [0.2, 0.25) is 0 Å². The molecule has 0 aliphatic heterocycles. The number of hydrogen-bond acceptors (Lipinski definition) is 5. The lowest BCUT2D eigenvalue weighted by Crippen LogP contribution is -2.00. The van der Waals surface area contributed by atoms with E-state index in [0.29, 0.717) is 10.1 Å². The van der Waals surface area contributed by atoms with E-state index in [2.05, 4.69) is 4.40 Å². The largest absolute Gasteiger partial charge is 0.399 e. The number of nitrogens with zero attached hydrogens (tertiary/aromatic N) is 1. The van der Waals surface area contributed by atoms with Crippen LogP contribution in [0.15, 0.2) is 33.6 Å². The Bertz CT molecular complexity index is 495. The van der Waals surface area contributed by atoms with Crippen LogP contribution in [-0.4, -0.2) is 24.8 Å². The van der Waals surface area contributed by atoms with Crippen LogP contribution < -0.4 is 5.73 Å². The molecule has 1 rings (SSSR count). The summed E-state index contributed by atoms with van der Waals surface area (Å²) in [6.45, 7) is 1.95. The summed E-state index contributed by atoms with van der Waals surface area (Å²) in [4.78, 5) is 0.162. The molecule has 0 radical (unpaired) electrons. The van der Waals surface area contributed by atoms with E-state index < -0.39 is 10.0 Å². The molecule has 7 heteroatoms. The van der Waals surface area contributed by atoms with Crippen LogP contribution >= 0.6 is 23.5 Å². The summed E-state index contributed by atoms with van der Waals surface area (Å²) in [5, 5.41) is 0. The molecular weight excluding hydrogens is 276 g/mol. The fraction of sp³-hybridized carbons (Fsp3) is 0.300. The lowest BCUT2D eigenvalue weighted by molar-refractivity contribution is 0.598. The Morgan fingerprint density at radius 3 is 2.41 bits per heavy atom. The lowest BCUT2D eigenvalue weighted by atomic mass is 10.3. The van der Waals surface area contributed by atoms with Gasteiger partial charge in [0.25, 0.3) is 10.0 Å². The maximum absolute atomic E-state index is 11.9. The average Bonchev–Trinajstić information content (AvgIpc) is 2.28. The predicted octanol–water partition coefficient (Wildman–Crippen LogP) is 2.43. The van der Waals surface area contributed by atoms with E-state index in [4.69, 9.17) is 5.73 Å². The summed E-state index contributed by atoms with van der Waals surface area (Å²) in [5.41, 5.74) is 6.03. The highest BCUT2D eigenvalue weighted by Crippen LogP contribution is 2.20. The third-order valence-corrected chi connectivity index (χ3v) is 5.26. The van der Waals surface area contributed by atoms with Gasteiger partial charge in [-0.2, -0.15) is 8.42 Å².